The van der Waals surface area contributed by atoms with E-state index in [0.717, 1.165) is 6.42 Å². The Kier molecular flexibility index (Phi) is 1.26. The van der Waals surface area contributed by atoms with Crippen molar-refractivity contribution in [1.82, 2.24) is 0 Å². The van der Waals surface area contributed by atoms with Crippen LogP contribution < -0.4 is 0 Å². The van der Waals surface area contributed by atoms with E-state index in [-0.39, 0.29) is 0 Å². The fourth-order valence-corrected chi connectivity index (χ4v) is 3.02. The van der Waals surface area contributed by atoms with Crippen molar-refractivity contribution in [3.63, 3.8) is 0 Å². The first kappa shape index (κ1) is 7.21. The monoisotopic (exact) mass is 182 g/mol. The van der Waals surface area contributed by atoms with E-state index in [4.69, 9.17) is 14.2 Å². The summed E-state index contributed by atoms with van der Waals surface area (Å²) < 4.78 is 17.0. The molecule has 0 N–H and O–H groups in total. The van der Waals surface area contributed by atoms with E-state index < -0.39 is 0 Å². The van der Waals surface area contributed by atoms with Gasteiger partial charge in [-0.25, -0.2) is 0 Å². The Morgan fingerprint density at radius 1 is 0.923 bits per heavy atom. The van der Waals surface area contributed by atoms with Crippen LogP contribution in [0.15, 0.2) is 0 Å². The van der Waals surface area contributed by atoms with Gasteiger partial charge >= 0.3 is 0 Å². The second-order valence-electron chi connectivity index (χ2n) is 4.70. The van der Waals surface area contributed by atoms with Crippen molar-refractivity contribution in [3.8, 4) is 0 Å². The summed E-state index contributed by atoms with van der Waals surface area (Å²) in [6.45, 7) is 0. The Morgan fingerprint density at radius 2 is 1.85 bits per heavy atom. The Balaban J connectivity index is 1.42. The third-order valence-corrected chi connectivity index (χ3v) is 3.85. The molecule has 2 aliphatic carbocycles. The van der Waals surface area contributed by atoms with Crippen molar-refractivity contribution >= 4 is 0 Å². The van der Waals surface area contributed by atoms with Gasteiger partial charge in [0.2, 0.25) is 0 Å². The molecule has 3 saturated heterocycles. The number of epoxide rings is 1. The number of rotatable bonds is 2. The lowest BCUT2D eigenvalue weighted by molar-refractivity contribution is -0.116. The molecule has 5 fully saturated rings. The lowest BCUT2D eigenvalue weighted by Crippen LogP contribution is -2.34. The molecule has 6 atom stereocenters. The molecule has 72 valence electrons. The molecule has 0 aromatic carbocycles. The van der Waals surface area contributed by atoms with Gasteiger partial charge in [0.05, 0.1) is 30.5 Å². The molecule has 6 unspecified atom stereocenters. The molecular formula is C10H14O3. The van der Waals surface area contributed by atoms with E-state index in [2.05, 4.69) is 0 Å². The van der Waals surface area contributed by atoms with Gasteiger partial charge in [0, 0.05) is 12.8 Å². The topological polar surface area (TPSA) is 31.0 Å². The minimum atomic E-state index is 0.387. The predicted molar refractivity (Wildman–Crippen MR) is 44.5 cm³/mol. The molecule has 0 radical (unpaired) electrons. The highest BCUT2D eigenvalue weighted by atomic mass is 16.6. The van der Waals surface area contributed by atoms with Gasteiger partial charge in [0.25, 0.3) is 0 Å². The first-order valence-corrected chi connectivity index (χ1v) is 5.36. The molecule has 3 nitrogen and oxygen atoms in total. The van der Waals surface area contributed by atoms with Gasteiger partial charge in [-0.3, -0.25) is 0 Å². The van der Waals surface area contributed by atoms with Crippen LogP contribution in [0.2, 0.25) is 0 Å². The molecule has 0 aromatic heterocycles. The smallest absolute Gasteiger partial charge is 0.110 e. The normalized spacial score (nSPS) is 61.8. The zero-order chi connectivity index (χ0) is 8.41. The van der Waals surface area contributed by atoms with Crippen molar-refractivity contribution < 1.29 is 14.2 Å². The first-order valence-electron chi connectivity index (χ1n) is 5.36. The molecule has 0 aromatic rings. The van der Waals surface area contributed by atoms with Gasteiger partial charge in [-0.2, -0.15) is 0 Å². The Bertz CT molecular complexity index is 234. The van der Waals surface area contributed by atoms with Crippen LogP contribution in [0.4, 0.5) is 0 Å². The number of hydrogen-bond donors (Lipinski definition) is 0. The molecule has 13 heavy (non-hydrogen) atoms. The number of fused-ring (bicyclic) bond motifs is 2. The maximum absolute atomic E-state index is 6.03. The lowest BCUT2D eigenvalue weighted by atomic mass is 10.2. The van der Waals surface area contributed by atoms with Gasteiger partial charge in [-0.05, 0) is 12.8 Å². The summed E-state index contributed by atoms with van der Waals surface area (Å²) in [4.78, 5) is 0. The quantitative estimate of drug-likeness (QED) is 0.593. The highest BCUT2D eigenvalue weighted by Crippen LogP contribution is 2.45. The average molecular weight is 182 g/mol. The largest absolute Gasteiger partial charge is 0.372 e. The SMILES string of the molecule is C1C2CC(OC3CCC4OC34)C1O2. The van der Waals surface area contributed by atoms with Crippen molar-refractivity contribution in [1.29, 1.82) is 0 Å². The number of ether oxygens (including phenoxy) is 3. The summed E-state index contributed by atoms with van der Waals surface area (Å²) >= 11 is 0. The summed E-state index contributed by atoms with van der Waals surface area (Å²) in [5.74, 6) is 0. The molecule has 3 heterocycles. The molecule has 5 rings (SSSR count). The highest BCUT2D eigenvalue weighted by molar-refractivity contribution is 5.02. The van der Waals surface area contributed by atoms with Crippen LogP contribution in [-0.2, 0) is 14.2 Å². The zero-order valence-electron chi connectivity index (χ0n) is 7.52. The summed E-state index contributed by atoms with van der Waals surface area (Å²) in [5.41, 5.74) is 0. The Morgan fingerprint density at radius 3 is 2.38 bits per heavy atom. The molecule has 0 amide bonds. The standard InChI is InChI=1S/C10H14O3/c1-2-7-10(13-7)6(1)12-9-4-5-3-8(9)11-5/h5-10H,1-4H2. The third-order valence-electron chi connectivity index (χ3n) is 3.85. The van der Waals surface area contributed by atoms with Crippen LogP contribution in [0, 0.1) is 0 Å². The second-order valence-corrected chi connectivity index (χ2v) is 4.70. The van der Waals surface area contributed by atoms with E-state index in [1.807, 2.05) is 0 Å². The predicted octanol–water partition coefficient (Wildman–Crippen LogP) is 0.863. The van der Waals surface area contributed by atoms with Crippen LogP contribution in [0.1, 0.15) is 25.7 Å². The van der Waals surface area contributed by atoms with Gasteiger partial charge in [0.1, 0.15) is 6.10 Å². The minimum Gasteiger partial charge on any atom is -0.372 e. The Hall–Kier alpha value is -0.120. The van der Waals surface area contributed by atoms with Crippen molar-refractivity contribution in [2.75, 3.05) is 0 Å². The molecule has 0 spiro atoms. The van der Waals surface area contributed by atoms with Crippen molar-refractivity contribution in [2.45, 2.75) is 62.3 Å². The van der Waals surface area contributed by atoms with Gasteiger partial charge in [-0.15, -0.1) is 0 Å². The van der Waals surface area contributed by atoms with Crippen LogP contribution in [0.3, 0.4) is 0 Å². The zero-order valence-corrected chi connectivity index (χ0v) is 7.52. The fraction of sp³-hybridized carbons (Fsp3) is 1.00. The Labute approximate surface area is 77.3 Å². The molecule has 3 heteroatoms. The van der Waals surface area contributed by atoms with E-state index in [1.165, 1.54) is 19.3 Å². The van der Waals surface area contributed by atoms with E-state index in [1.54, 1.807) is 0 Å². The minimum absolute atomic E-state index is 0.387. The maximum Gasteiger partial charge on any atom is 0.110 e. The number of hydrogen-bond acceptors (Lipinski definition) is 3. The second kappa shape index (κ2) is 2.27. The summed E-state index contributed by atoms with van der Waals surface area (Å²) in [7, 11) is 0. The average Bonchev–Trinajstić information content (AvgIpc) is 2.42. The lowest BCUT2D eigenvalue weighted by Gasteiger charge is -2.26. The van der Waals surface area contributed by atoms with Gasteiger partial charge in [0.15, 0.2) is 0 Å². The first-order chi connectivity index (χ1) is 6.40. The van der Waals surface area contributed by atoms with E-state index >= 15 is 0 Å². The van der Waals surface area contributed by atoms with E-state index in [9.17, 15) is 0 Å². The van der Waals surface area contributed by atoms with Crippen LogP contribution in [-0.4, -0.2) is 36.6 Å². The summed E-state index contributed by atoms with van der Waals surface area (Å²) in [6, 6.07) is 0. The highest BCUT2D eigenvalue weighted by Gasteiger charge is 2.54. The summed E-state index contributed by atoms with van der Waals surface area (Å²) in [6.07, 6.45) is 7.46. The fourth-order valence-electron chi connectivity index (χ4n) is 3.02. The van der Waals surface area contributed by atoms with Crippen LogP contribution >= 0.6 is 0 Å². The molecular weight excluding hydrogens is 168 g/mol. The maximum atomic E-state index is 6.03. The van der Waals surface area contributed by atoms with E-state index in [0.29, 0.717) is 36.6 Å². The van der Waals surface area contributed by atoms with Crippen LogP contribution in [0.25, 0.3) is 0 Å². The van der Waals surface area contributed by atoms with Gasteiger partial charge in [-0.1, -0.05) is 0 Å². The molecule has 2 saturated carbocycles. The van der Waals surface area contributed by atoms with Gasteiger partial charge < -0.3 is 14.2 Å². The molecule has 3 aliphatic heterocycles. The summed E-state index contributed by atoms with van der Waals surface area (Å²) in [5, 5.41) is 0. The molecule has 2 bridgehead atoms. The van der Waals surface area contributed by atoms with Crippen molar-refractivity contribution in [2.24, 2.45) is 0 Å². The third kappa shape index (κ3) is 0.953. The van der Waals surface area contributed by atoms with Crippen molar-refractivity contribution in [3.05, 3.63) is 0 Å². The molecule has 5 aliphatic rings. The van der Waals surface area contributed by atoms with Crippen LogP contribution in [0.5, 0.6) is 0 Å².